The Morgan fingerprint density at radius 2 is 1.89 bits per heavy atom. The number of imidazole rings is 1. The molecule has 2 amide bonds. The average Bonchev–Trinajstić information content (AvgIpc) is 3.61. The molecule has 0 spiro atoms. The maximum Gasteiger partial charge on any atom is 0.296 e. The Morgan fingerprint density at radius 1 is 1.11 bits per heavy atom. The van der Waals surface area contributed by atoms with Gasteiger partial charge in [-0.3, -0.25) is 19.8 Å². The minimum Gasteiger partial charge on any atom is -0.351 e. The number of amides is 2. The molecule has 9 heteroatoms. The van der Waals surface area contributed by atoms with Crippen LogP contribution >= 0.6 is 0 Å². The van der Waals surface area contributed by atoms with Crippen LogP contribution in [-0.4, -0.2) is 62.5 Å². The van der Waals surface area contributed by atoms with E-state index in [2.05, 4.69) is 44.7 Å². The molecular formula is C29H38N6O3. The lowest BCUT2D eigenvalue weighted by Gasteiger charge is -2.21. The predicted octanol–water partition coefficient (Wildman–Crippen LogP) is 4.91. The van der Waals surface area contributed by atoms with Gasteiger partial charge in [-0.1, -0.05) is 38.6 Å². The second kappa shape index (κ2) is 10.7. The van der Waals surface area contributed by atoms with Crippen molar-refractivity contribution < 1.29 is 14.1 Å². The van der Waals surface area contributed by atoms with E-state index < -0.39 is 0 Å². The van der Waals surface area contributed by atoms with E-state index in [9.17, 15) is 9.59 Å². The van der Waals surface area contributed by atoms with Crippen LogP contribution in [0.2, 0.25) is 0 Å². The molecule has 1 N–H and O–H groups in total. The number of hydrogen-bond donors (Lipinski definition) is 1. The van der Waals surface area contributed by atoms with Crippen LogP contribution in [-0.2, 0) is 16.8 Å². The number of nitrogens with one attached hydrogen (secondary N) is 1. The van der Waals surface area contributed by atoms with Crippen molar-refractivity contribution in [3.05, 3.63) is 53.9 Å². The zero-order chi connectivity index (χ0) is 26.9. The summed E-state index contributed by atoms with van der Waals surface area (Å²) in [6.07, 6.45) is 6.38. The van der Waals surface area contributed by atoms with Crippen molar-refractivity contribution in [2.45, 2.75) is 70.9 Å². The molecule has 1 aromatic carbocycles. The SMILES string of the molecule is C=CC(=O)N1CCC[C@@H](n2c(NC(=O)c3cc(C(C)(C)C)no3)nc3cc(CN4CCCC4)ccc32)CC1. The fourth-order valence-corrected chi connectivity index (χ4v) is 5.48. The van der Waals surface area contributed by atoms with Crippen LogP contribution in [0.3, 0.4) is 0 Å². The van der Waals surface area contributed by atoms with E-state index in [1.807, 2.05) is 25.7 Å². The minimum absolute atomic E-state index is 0.0406. The first-order valence-corrected chi connectivity index (χ1v) is 13.7. The molecule has 202 valence electrons. The average molecular weight is 519 g/mol. The molecule has 2 aliphatic heterocycles. The van der Waals surface area contributed by atoms with Gasteiger partial charge < -0.3 is 14.0 Å². The highest BCUT2D eigenvalue weighted by atomic mass is 16.5. The van der Waals surface area contributed by atoms with Crippen molar-refractivity contribution in [3.63, 3.8) is 0 Å². The molecule has 5 rings (SSSR count). The van der Waals surface area contributed by atoms with Crippen molar-refractivity contribution in [3.8, 4) is 0 Å². The van der Waals surface area contributed by atoms with Gasteiger partial charge in [0.05, 0.1) is 16.7 Å². The highest BCUT2D eigenvalue weighted by Gasteiger charge is 2.27. The first-order chi connectivity index (χ1) is 18.2. The quantitative estimate of drug-likeness (QED) is 0.466. The van der Waals surface area contributed by atoms with Crippen molar-refractivity contribution in [1.29, 1.82) is 0 Å². The lowest BCUT2D eigenvalue weighted by Crippen LogP contribution is -2.30. The fourth-order valence-electron chi connectivity index (χ4n) is 5.48. The van der Waals surface area contributed by atoms with Crippen LogP contribution in [0.15, 0.2) is 41.4 Å². The van der Waals surface area contributed by atoms with E-state index in [1.54, 1.807) is 6.07 Å². The number of benzene rings is 1. The second-order valence-electron chi connectivity index (χ2n) is 11.5. The Kier molecular flexibility index (Phi) is 7.38. The summed E-state index contributed by atoms with van der Waals surface area (Å²) in [6.45, 7) is 14.2. The number of carbonyl (C=O) groups excluding carboxylic acids is 2. The molecular weight excluding hydrogens is 480 g/mol. The molecule has 4 heterocycles. The number of aromatic nitrogens is 3. The summed E-state index contributed by atoms with van der Waals surface area (Å²) in [7, 11) is 0. The molecule has 38 heavy (non-hydrogen) atoms. The summed E-state index contributed by atoms with van der Waals surface area (Å²) in [5.41, 5.74) is 3.55. The Balaban J connectivity index is 1.46. The summed E-state index contributed by atoms with van der Waals surface area (Å²) < 4.78 is 7.53. The monoisotopic (exact) mass is 518 g/mol. The van der Waals surface area contributed by atoms with E-state index in [1.165, 1.54) is 24.5 Å². The third-order valence-corrected chi connectivity index (χ3v) is 7.64. The van der Waals surface area contributed by atoms with Crippen molar-refractivity contribution >= 4 is 28.8 Å². The lowest BCUT2D eigenvalue weighted by atomic mass is 9.92. The topological polar surface area (TPSA) is 96.5 Å². The predicted molar refractivity (Wildman–Crippen MR) is 147 cm³/mol. The van der Waals surface area contributed by atoms with Crippen LogP contribution < -0.4 is 5.32 Å². The van der Waals surface area contributed by atoms with Gasteiger partial charge >= 0.3 is 0 Å². The molecule has 1 atom stereocenters. The van der Waals surface area contributed by atoms with Crippen LogP contribution in [0.1, 0.15) is 80.7 Å². The highest BCUT2D eigenvalue weighted by molar-refractivity contribution is 6.02. The standard InChI is InChI=1S/C29H38N6O3/c1-5-26(36)34-15-8-9-21(12-16-34)35-23-11-10-20(19-33-13-6-7-14-33)17-22(23)30-28(35)31-27(37)24-18-25(32-38-24)29(2,3)4/h5,10-11,17-18,21H,1,6-9,12-16,19H2,2-4H3,(H,30,31,37)/t21-/m1/s1. The number of nitrogens with zero attached hydrogens (tertiary/aromatic N) is 5. The van der Waals surface area contributed by atoms with Gasteiger partial charge in [-0.25, -0.2) is 4.98 Å². The molecule has 2 fully saturated rings. The number of anilines is 1. The van der Waals surface area contributed by atoms with Crippen LogP contribution in [0.5, 0.6) is 0 Å². The lowest BCUT2D eigenvalue weighted by molar-refractivity contribution is -0.125. The van der Waals surface area contributed by atoms with Crippen molar-refractivity contribution in [1.82, 2.24) is 24.5 Å². The molecule has 0 bridgehead atoms. The largest absolute Gasteiger partial charge is 0.351 e. The third-order valence-electron chi connectivity index (χ3n) is 7.64. The van der Waals surface area contributed by atoms with Gasteiger partial charge in [0, 0.05) is 37.2 Å². The Bertz CT molecular complexity index is 1330. The maximum atomic E-state index is 13.2. The van der Waals surface area contributed by atoms with E-state index in [-0.39, 0.29) is 29.0 Å². The van der Waals surface area contributed by atoms with E-state index >= 15 is 0 Å². The molecule has 0 aliphatic carbocycles. The van der Waals surface area contributed by atoms with Gasteiger partial charge in [-0.05, 0) is 69.0 Å². The van der Waals surface area contributed by atoms with Gasteiger partial charge in [0.1, 0.15) is 0 Å². The Morgan fingerprint density at radius 3 is 2.61 bits per heavy atom. The first-order valence-electron chi connectivity index (χ1n) is 13.7. The van der Waals surface area contributed by atoms with Gasteiger partial charge in [-0.2, -0.15) is 0 Å². The fraction of sp³-hybridized carbons (Fsp3) is 0.517. The summed E-state index contributed by atoms with van der Waals surface area (Å²) in [6, 6.07) is 8.20. The molecule has 2 aromatic heterocycles. The number of likely N-dealkylation sites (tertiary alicyclic amines) is 2. The Labute approximate surface area is 223 Å². The van der Waals surface area contributed by atoms with Crippen LogP contribution in [0.25, 0.3) is 11.0 Å². The molecule has 2 saturated heterocycles. The molecule has 0 unspecified atom stereocenters. The molecule has 2 aliphatic rings. The first kappa shape index (κ1) is 26.2. The van der Waals surface area contributed by atoms with Crippen molar-refractivity contribution in [2.75, 3.05) is 31.5 Å². The van der Waals surface area contributed by atoms with Crippen LogP contribution in [0.4, 0.5) is 5.95 Å². The number of hydrogen-bond acceptors (Lipinski definition) is 6. The maximum absolute atomic E-state index is 13.2. The zero-order valence-electron chi connectivity index (χ0n) is 22.7. The van der Waals surface area contributed by atoms with Crippen molar-refractivity contribution in [2.24, 2.45) is 0 Å². The number of rotatable bonds is 6. The van der Waals surface area contributed by atoms with Gasteiger partial charge in [-0.15, -0.1) is 0 Å². The van der Waals surface area contributed by atoms with Gasteiger partial charge in [0.25, 0.3) is 5.91 Å². The summed E-state index contributed by atoms with van der Waals surface area (Å²) in [4.78, 5) is 34.7. The summed E-state index contributed by atoms with van der Waals surface area (Å²) >= 11 is 0. The second-order valence-corrected chi connectivity index (χ2v) is 11.5. The number of carbonyl (C=O) groups is 2. The Hall–Kier alpha value is -3.46. The van der Waals surface area contributed by atoms with E-state index in [4.69, 9.17) is 9.51 Å². The molecule has 9 nitrogen and oxygen atoms in total. The molecule has 3 aromatic rings. The highest BCUT2D eigenvalue weighted by Crippen LogP contribution is 2.32. The third kappa shape index (κ3) is 5.53. The molecule has 0 saturated carbocycles. The smallest absolute Gasteiger partial charge is 0.296 e. The number of fused-ring (bicyclic) bond motifs is 1. The summed E-state index contributed by atoms with van der Waals surface area (Å²) in [5, 5.41) is 7.11. The van der Waals surface area contributed by atoms with Gasteiger partial charge in [0.2, 0.25) is 17.6 Å². The van der Waals surface area contributed by atoms with Crippen LogP contribution in [0, 0.1) is 0 Å². The van der Waals surface area contributed by atoms with Gasteiger partial charge in [0.15, 0.2) is 0 Å². The molecule has 0 radical (unpaired) electrons. The minimum atomic E-state index is -0.376. The van der Waals surface area contributed by atoms with E-state index in [0.717, 1.165) is 55.6 Å². The summed E-state index contributed by atoms with van der Waals surface area (Å²) in [5.74, 6) is 0.234. The zero-order valence-corrected chi connectivity index (χ0v) is 22.7. The van der Waals surface area contributed by atoms with E-state index in [0.29, 0.717) is 19.0 Å². The normalized spacial score (nSPS) is 19.0.